The number of amides is 3. The van der Waals surface area contributed by atoms with Crippen LogP contribution < -0.4 is 5.32 Å². The van der Waals surface area contributed by atoms with Crippen LogP contribution in [0.5, 0.6) is 0 Å². The first-order valence-electron chi connectivity index (χ1n) is 12.6. The van der Waals surface area contributed by atoms with E-state index in [0.717, 1.165) is 22.9 Å². The van der Waals surface area contributed by atoms with E-state index in [0.29, 0.717) is 17.2 Å². The van der Waals surface area contributed by atoms with Crippen LogP contribution in [-0.2, 0) is 14.4 Å². The summed E-state index contributed by atoms with van der Waals surface area (Å²) < 4.78 is 5.54. The molecule has 4 rings (SSSR count). The lowest BCUT2D eigenvalue weighted by Gasteiger charge is -2.28. The largest absolute Gasteiger partial charge is 0.462 e. The summed E-state index contributed by atoms with van der Waals surface area (Å²) in [7, 11) is 0. The zero-order chi connectivity index (χ0) is 28.5. The molecule has 202 valence electrons. The van der Waals surface area contributed by atoms with Gasteiger partial charge in [0.2, 0.25) is 5.91 Å². The molecule has 0 radical (unpaired) electrons. The second-order valence-corrected chi connectivity index (χ2v) is 9.71. The van der Waals surface area contributed by atoms with E-state index in [1.807, 2.05) is 60.7 Å². The van der Waals surface area contributed by atoms with Gasteiger partial charge in [0.1, 0.15) is 17.1 Å². The zero-order valence-corrected chi connectivity index (χ0v) is 23.1. The van der Waals surface area contributed by atoms with Crippen LogP contribution in [0.1, 0.15) is 35.6 Å². The maximum absolute atomic E-state index is 13.6. The van der Waals surface area contributed by atoms with Gasteiger partial charge in [-0.3, -0.25) is 19.3 Å². The van der Waals surface area contributed by atoms with E-state index in [9.17, 15) is 14.4 Å². The Morgan fingerprint density at radius 2 is 1.70 bits per heavy atom. The predicted molar refractivity (Wildman–Crippen MR) is 159 cm³/mol. The Morgan fingerprint density at radius 1 is 1.05 bits per heavy atom. The lowest BCUT2D eigenvalue weighted by molar-refractivity contribution is -0.126. The third kappa shape index (κ3) is 6.84. The van der Waals surface area contributed by atoms with Crippen LogP contribution in [-0.4, -0.2) is 33.5 Å². The molecule has 1 N–H and O–H groups in total. The monoisotopic (exact) mass is 551 g/mol. The van der Waals surface area contributed by atoms with Gasteiger partial charge in [-0.05, 0) is 49.3 Å². The molecule has 0 saturated carbocycles. The highest BCUT2D eigenvalue weighted by atomic mass is 32.2. The number of rotatable bonds is 9. The molecule has 0 atom stereocenters. The van der Waals surface area contributed by atoms with E-state index in [2.05, 4.69) is 16.9 Å². The number of benzene rings is 2. The van der Waals surface area contributed by atoms with Crippen LogP contribution >= 0.6 is 11.8 Å². The average molecular weight is 552 g/mol. The van der Waals surface area contributed by atoms with Crippen LogP contribution in [0.3, 0.4) is 0 Å². The van der Waals surface area contributed by atoms with Crippen molar-refractivity contribution in [2.45, 2.75) is 19.9 Å². The maximum atomic E-state index is 13.6. The molecule has 0 spiro atoms. The van der Waals surface area contributed by atoms with Crippen molar-refractivity contribution in [3.63, 3.8) is 0 Å². The molecule has 8 heteroatoms. The van der Waals surface area contributed by atoms with Crippen molar-refractivity contribution < 1.29 is 18.8 Å². The number of hydrogen-bond acceptors (Lipinski definition) is 5. The average Bonchev–Trinajstić information content (AvgIpc) is 3.39. The van der Waals surface area contributed by atoms with Gasteiger partial charge in [-0.15, -0.1) is 0 Å². The Balaban J connectivity index is 1.60. The van der Waals surface area contributed by atoms with Gasteiger partial charge in [0.05, 0.1) is 11.8 Å². The molecular weight excluding hydrogens is 522 g/mol. The minimum atomic E-state index is -0.701. The van der Waals surface area contributed by atoms with Crippen molar-refractivity contribution in [2.24, 2.45) is 4.99 Å². The van der Waals surface area contributed by atoms with Crippen molar-refractivity contribution in [3.8, 4) is 0 Å². The third-order valence-electron chi connectivity index (χ3n) is 5.96. The summed E-state index contributed by atoms with van der Waals surface area (Å²) in [5, 5.41) is 3.19. The number of amidine groups is 1. The lowest BCUT2D eigenvalue weighted by Crippen LogP contribution is -2.42. The molecule has 3 amide bonds. The van der Waals surface area contributed by atoms with E-state index in [1.54, 1.807) is 50.3 Å². The van der Waals surface area contributed by atoms with Gasteiger partial charge < -0.3 is 9.73 Å². The number of thioether (sulfide) groups is 1. The van der Waals surface area contributed by atoms with Crippen molar-refractivity contribution >= 4 is 40.7 Å². The predicted octanol–water partition coefficient (Wildman–Crippen LogP) is 5.98. The molecule has 40 heavy (non-hydrogen) atoms. The van der Waals surface area contributed by atoms with Crippen LogP contribution in [0.25, 0.3) is 6.08 Å². The molecule has 7 nitrogen and oxygen atoms in total. The van der Waals surface area contributed by atoms with E-state index < -0.39 is 11.8 Å². The number of nitrogens with one attached hydrogen (secondary N) is 1. The summed E-state index contributed by atoms with van der Waals surface area (Å²) in [4.78, 5) is 45.3. The maximum Gasteiger partial charge on any atom is 0.285 e. The first-order chi connectivity index (χ1) is 19.4. The molecule has 3 aromatic rings. The fourth-order valence-corrected chi connectivity index (χ4v) is 4.87. The van der Waals surface area contributed by atoms with Crippen LogP contribution in [0.15, 0.2) is 124 Å². The number of allylic oxidation sites excluding steroid dienone is 4. The van der Waals surface area contributed by atoms with Gasteiger partial charge in [-0.1, -0.05) is 97.2 Å². The van der Waals surface area contributed by atoms with Gasteiger partial charge in [0.15, 0.2) is 5.17 Å². The highest BCUT2D eigenvalue weighted by Crippen LogP contribution is 2.27. The second kappa shape index (κ2) is 13.4. The number of aryl methyl sites for hydroxylation is 1. The van der Waals surface area contributed by atoms with Crippen molar-refractivity contribution in [1.82, 2.24) is 10.2 Å². The number of nitrogens with zero attached hydrogens (tertiary/aromatic N) is 2. The second-order valence-electron chi connectivity index (χ2n) is 8.77. The molecule has 0 saturated heterocycles. The standard InChI is InChI=1S/C32H29N3O4S/c1-4-6-17-25(5-2)35-31(38)27(20-26-19-18-22(3)39-26)30(37)34-32(35)40-21-28(36)33-29(23-13-9-7-10-14-23)24-15-11-8-12-16-24/h4-20,29H,1,21H2,2-3H3,(H,33,36)/b17-6-,25-5+,27-20+. The number of carbonyl (C=O) groups excluding carboxylic acids is 3. The summed E-state index contributed by atoms with van der Waals surface area (Å²) >= 11 is 1.01. The number of carbonyl (C=O) groups is 3. The number of furan rings is 1. The third-order valence-corrected chi connectivity index (χ3v) is 6.90. The first kappa shape index (κ1) is 28.3. The Bertz CT molecular complexity index is 1480. The molecule has 1 aliphatic rings. The fourth-order valence-electron chi connectivity index (χ4n) is 4.07. The lowest BCUT2D eigenvalue weighted by atomic mass is 9.99. The highest BCUT2D eigenvalue weighted by molar-refractivity contribution is 8.14. The molecular formula is C32H29N3O4S. The Labute approximate surface area is 237 Å². The minimum absolute atomic E-state index is 0.0648. The van der Waals surface area contributed by atoms with E-state index in [-0.39, 0.29) is 28.4 Å². The molecule has 0 fully saturated rings. The SMILES string of the molecule is C=C/C=C\C(=C/C)N1C(=O)/C(=C/c2ccc(C)o2)C(=O)N=C1SCC(=O)NC(c1ccccc1)c1ccccc1. The molecule has 0 unspecified atom stereocenters. The van der Waals surface area contributed by atoms with Gasteiger partial charge in [0.25, 0.3) is 11.8 Å². The molecule has 0 aliphatic carbocycles. The summed E-state index contributed by atoms with van der Waals surface area (Å²) in [5.41, 5.74) is 2.21. The summed E-state index contributed by atoms with van der Waals surface area (Å²) in [6.45, 7) is 7.23. The van der Waals surface area contributed by atoms with Crippen molar-refractivity contribution in [2.75, 3.05) is 5.75 Å². The molecule has 1 aromatic heterocycles. The van der Waals surface area contributed by atoms with Gasteiger partial charge >= 0.3 is 0 Å². The summed E-state index contributed by atoms with van der Waals surface area (Å²) in [6, 6.07) is 22.4. The Morgan fingerprint density at radius 3 is 2.25 bits per heavy atom. The number of hydrogen-bond donors (Lipinski definition) is 1. The van der Waals surface area contributed by atoms with Crippen molar-refractivity contribution in [1.29, 1.82) is 0 Å². The van der Waals surface area contributed by atoms with Gasteiger partial charge in [-0.2, -0.15) is 4.99 Å². The van der Waals surface area contributed by atoms with Gasteiger partial charge in [0, 0.05) is 5.70 Å². The van der Waals surface area contributed by atoms with Crippen LogP contribution in [0.2, 0.25) is 0 Å². The fraction of sp³-hybridized carbons (Fsp3) is 0.125. The normalized spacial score (nSPS) is 15.2. The first-order valence-corrected chi connectivity index (χ1v) is 13.6. The Kier molecular flexibility index (Phi) is 9.48. The smallest absolute Gasteiger partial charge is 0.285 e. The topological polar surface area (TPSA) is 92.0 Å². The molecule has 2 aromatic carbocycles. The summed E-state index contributed by atoms with van der Waals surface area (Å²) in [6.07, 6.45) is 8.05. The summed E-state index contributed by atoms with van der Waals surface area (Å²) in [5.74, 6) is -0.585. The molecule has 2 heterocycles. The number of aliphatic imine (C=N–C) groups is 1. The quantitative estimate of drug-likeness (QED) is 0.201. The Hall–Kier alpha value is -4.69. The molecule has 0 bridgehead atoms. The van der Waals surface area contributed by atoms with Crippen LogP contribution in [0.4, 0.5) is 0 Å². The van der Waals surface area contributed by atoms with Crippen LogP contribution in [0, 0.1) is 6.92 Å². The molecule has 1 aliphatic heterocycles. The van der Waals surface area contributed by atoms with E-state index >= 15 is 0 Å². The highest BCUT2D eigenvalue weighted by Gasteiger charge is 2.35. The van der Waals surface area contributed by atoms with E-state index in [4.69, 9.17) is 4.42 Å². The van der Waals surface area contributed by atoms with Crippen molar-refractivity contribution in [3.05, 3.63) is 138 Å². The minimum Gasteiger partial charge on any atom is -0.462 e. The zero-order valence-electron chi connectivity index (χ0n) is 22.2. The van der Waals surface area contributed by atoms with Gasteiger partial charge in [-0.25, -0.2) is 0 Å². The van der Waals surface area contributed by atoms with E-state index in [1.165, 1.54) is 11.0 Å².